The van der Waals surface area contributed by atoms with Crippen LogP contribution in [0.4, 0.5) is 9.18 Å². The molecule has 7 nitrogen and oxygen atoms in total. The van der Waals surface area contributed by atoms with E-state index in [9.17, 15) is 9.18 Å². The Bertz CT molecular complexity index is 808. The summed E-state index contributed by atoms with van der Waals surface area (Å²) in [6.07, 6.45) is 1.29. The van der Waals surface area contributed by atoms with Crippen LogP contribution in [0, 0.1) is 5.92 Å². The van der Waals surface area contributed by atoms with Crippen LogP contribution < -0.4 is 15.4 Å². The molecule has 0 radical (unpaired) electrons. The molecule has 3 rings (SSSR count). The number of piperidine rings is 1. The molecule has 2 N–H and O–H groups in total. The summed E-state index contributed by atoms with van der Waals surface area (Å²) in [5.74, 6) is 1.27. The first-order valence-electron chi connectivity index (χ1n) is 10.5. The minimum atomic E-state index is -1.11. The predicted molar refractivity (Wildman–Crippen MR) is 114 cm³/mol. The maximum atomic E-state index is 14.6. The number of carbonyl (C=O) groups is 1. The smallest absolute Gasteiger partial charge is 0.318 e. The Hall–Kier alpha value is -2.61. The summed E-state index contributed by atoms with van der Waals surface area (Å²) in [6, 6.07) is 8.77. The molecule has 2 aromatic rings. The molecule has 2 atom stereocenters. The molecule has 164 valence electrons. The normalized spacial score (nSPS) is 19.0. The molecule has 8 heteroatoms. The molecule has 0 spiro atoms. The van der Waals surface area contributed by atoms with Crippen molar-refractivity contribution < 1.29 is 13.9 Å². The number of hydrogen-bond donors (Lipinski definition) is 2. The zero-order valence-corrected chi connectivity index (χ0v) is 18.0. The average Bonchev–Trinajstić information content (AvgIpc) is 3.15. The molecular weight excluding hydrogens is 385 g/mol. The Kier molecular flexibility index (Phi) is 7.68. The second-order valence-electron chi connectivity index (χ2n) is 8.19. The molecule has 0 bridgehead atoms. The quantitative estimate of drug-likeness (QED) is 0.693. The fraction of sp³-hybridized carbons (Fsp3) is 0.545. The highest BCUT2D eigenvalue weighted by Gasteiger charge is 2.33. The second-order valence-corrected chi connectivity index (χ2v) is 8.19. The van der Waals surface area contributed by atoms with Crippen molar-refractivity contribution in [1.29, 1.82) is 0 Å². The van der Waals surface area contributed by atoms with Gasteiger partial charge in [0.15, 0.2) is 0 Å². The van der Waals surface area contributed by atoms with E-state index < -0.39 is 12.2 Å². The van der Waals surface area contributed by atoms with Crippen LogP contribution in [0.25, 0.3) is 0 Å². The number of aromatic nitrogens is 2. The molecule has 30 heavy (non-hydrogen) atoms. The molecule has 1 saturated heterocycles. The summed E-state index contributed by atoms with van der Waals surface area (Å²) in [5.41, 5.74) is 1.70. The molecule has 2 heterocycles. The minimum absolute atomic E-state index is 0.258. The van der Waals surface area contributed by atoms with Gasteiger partial charge in [-0.05, 0) is 42.6 Å². The van der Waals surface area contributed by atoms with Crippen molar-refractivity contribution in [1.82, 2.24) is 25.3 Å². The number of nitrogens with one attached hydrogen (secondary N) is 2. The molecule has 1 aliphatic rings. The molecule has 0 aliphatic carbocycles. The van der Waals surface area contributed by atoms with Crippen molar-refractivity contribution >= 4 is 6.03 Å². The van der Waals surface area contributed by atoms with Crippen LogP contribution in [-0.4, -0.2) is 52.6 Å². The third-order valence-corrected chi connectivity index (χ3v) is 5.09. The number of alkyl halides is 1. The van der Waals surface area contributed by atoms with Gasteiger partial charge in [0.05, 0.1) is 24.9 Å². The standard InChI is InChI=1S/C22H32FN5O2/c1-16(2)15-30-19-6-4-17(5-7-19)12-25-22(29)28(14-18-9-11-27(3)26-18)21-8-10-24-13-20(21)23/h4-7,9,11,16,20-21,24H,8,10,12-15H2,1-3H3,(H,25,29)/t20-,21+/m1/s1. The Morgan fingerprint density at radius 1 is 1.37 bits per heavy atom. The van der Waals surface area contributed by atoms with Gasteiger partial charge in [-0.2, -0.15) is 5.10 Å². The van der Waals surface area contributed by atoms with Gasteiger partial charge in [0.25, 0.3) is 0 Å². The van der Waals surface area contributed by atoms with Gasteiger partial charge in [-0.15, -0.1) is 0 Å². The number of ether oxygens (including phenoxy) is 1. The van der Waals surface area contributed by atoms with E-state index in [0.717, 1.165) is 17.0 Å². The molecular formula is C22H32FN5O2. The Balaban J connectivity index is 1.62. The lowest BCUT2D eigenvalue weighted by Crippen LogP contribution is -2.55. The van der Waals surface area contributed by atoms with Crippen molar-refractivity contribution in [3.63, 3.8) is 0 Å². The number of urea groups is 1. The van der Waals surface area contributed by atoms with E-state index in [1.807, 2.05) is 43.6 Å². The van der Waals surface area contributed by atoms with E-state index >= 15 is 0 Å². The summed E-state index contributed by atoms with van der Waals surface area (Å²) < 4.78 is 22.0. The molecule has 2 amide bonds. The number of benzene rings is 1. The molecule has 1 aromatic carbocycles. The fourth-order valence-corrected chi connectivity index (χ4v) is 3.47. The van der Waals surface area contributed by atoms with Crippen LogP contribution in [0.15, 0.2) is 36.5 Å². The zero-order valence-electron chi connectivity index (χ0n) is 18.0. The number of aryl methyl sites for hydroxylation is 1. The summed E-state index contributed by atoms with van der Waals surface area (Å²) in [5, 5.41) is 10.3. The predicted octanol–water partition coefficient (Wildman–Crippen LogP) is 2.87. The van der Waals surface area contributed by atoms with Crippen molar-refractivity contribution in [2.24, 2.45) is 13.0 Å². The summed E-state index contributed by atoms with van der Waals surface area (Å²) in [6.45, 7) is 6.46. The van der Waals surface area contributed by atoms with Gasteiger partial charge in [-0.25, -0.2) is 9.18 Å². The van der Waals surface area contributed by atoms with Gasteiger partial charge in [-0.3, -0.25) is 4.68 Å². The summed E-state index contributed by atoms with van der Waals surface area (Å²) in [7, 11) is 1.82. The first-order valence-corrected chi connectivity index (χ1v) is 10.5. The van der Waals surface area contributed by atoms with Crippen LogP contribution in [0.1, 0.15) is 31.5 Å². The monoisotopic (exact) mass is 417 g/mol. The lowest BCUT2D eigenvalue weighted by Gasteiger charge is -2.36. The van der Waals surface area contributed by atoms with E-state index in [4.69, 9.17) is 4.74 Å². The lowest BCUT2D eigenvalue weighted by atomic mass is 10.0. The highest BCUT2D eigenvalue weighted by molar-refractivity contribution is 5.74. The molecule has 0 unspecified atom stereocenters. The molecule has 1 fully saturated rings. The number of halogens is 1. The molecule has 1 aliphatic heterocycles. The molecule has 1 aromatic heterocycles. The van der Waals surface area contributed by atoms with Crippen LogP contribution in [-0.2, 0) is 20.1 Å². The maximum absolute atomic E-state index is 14.6. The maximum Gasteiger partial charge on any atom is 0.318 e. The van der Waals surface area contributed by atoms with E-state index in [1.54, 1.807) is 9.58 Å². The SMILES string of the molecule is CC(C)COc1ccc(CNC(=O)N(Cc2ccn(C)n2)[C@H]2CCNC[C@H]2F)cc1. The number of rotatable bonds is 8. The minimum Gasteiger partial charge on any atom is -0.493 e. The van der Waals surface area contributed by atoms with Crippen LogP contribution in [0.3, 0.4) is 0 Å². The Morgan fingerprint density at radius 2 is 2.13 bits per heavy atom. The van der Waals surface area contributed by atoms with Gasteiger partial charge in [0.1, 0.15) is 11.9 Å². The summed E-state index contributed by atoms with van der Waals surface area (Å²) in [4.78, 5) is 14.6. The van der Waals surface area contributed by atoms with Crippen LogP contribution in [0.2, 0.25) is 0 Å². The number of carbonyl (C=O) groups excluding carboxylic acids is 1. The van der Waals surface area contributed by atoms with Gasteiger partial charge in [0, 0.05) is 26.3 Å². The van der Waals surface area contributed by atoms with E-state index in [1.165, 1.54) is 0 Å². The fourth-order valence-electron chi connectivity index (χ4n) is 3.47. The second kappa shape index (κ2) is 10.4. The van der Waals surface area contributed by atoms with E-state index in [-0.39, 0.29) is 19.1 Å². The van der Waals surface area contributed by atoms with E-state index in [2.05, 4.69) is 29.6 Å². The highest BCUT2D eigenvalue weighted by Crippen LogP contribution is 2.19. The van der Waals surface area contributed by atoms with Gasteiger partial charge >= 0.3 is 6.03 Å². The van der Waals surface area contributed by atoms with Gasteiger partial charge in [0.2, 0.25) is 0 Å². The summed E-state index contributed by atoms with van der Waals surface area (Å²) >= 11 is 0. The lowest BCUT2D eigenvalue weighted by molar-refractivity contribution is 0.0962. The third-order valence-electron chi connectivity index (χ3n) is 5.09. The molecule has 0 saturated carbocycles. The van der Waals surface area contributed by atoms with Gasteiger partial charge < -0.3 is 20.3 Å². The van der Waals surface area contributed by atoms with Crippen molar-refractivity contribution in [3.05, 3.63) is 47.8 Å². The van der Waals surface area contributed by atoms with Crippen molar-refractivity contribution in [2.45, 2.75) is 45.6 Å². The third kappa shape index (κ3) is 6.19. The Morgan fingerprint density at radius 3 is 2.77 bits per heavy atom. The van der Waals surface area contributed by atoms with Crippen LogP contribution in [0.5, 0.6) is 5.75 Å². The highest BCUT2D eigenvalue weighted by atomic mass is 19.1. The van der Waals surface area contributed by atoms with Crippen molar-refractivity contribution in [3.8, 4) is 5.75 Å². The zero-order chi connectivity index (χ0) is 21.5. The van der Waals surface area contributed by atoms with Crippen LogP contribution >= 0.6 is 0 Å². The first-order chi connectivity index (χ1) is 14.4. The number of nitrogens with zero attached hydrogens (tertiary/aromatic N) is 3. The Labute approximate surface area is 177 Å². The number of amides is 2. The number of hydrogen-bond acceptors (Lipinski definition) is 4. The van der Waals surface area contributed by atoms with Gasteiger partial charge in [-0.1, -0.05) is 26.0 Å². The largest absolute Gasteiger partial charge is 0.493 e. The average molecular weight is 418 g/mol. The van der Waals surface area contributed by atoms with Crippen molar-refractivity contribution in [2.75, 3.05) is 19.7 Å². The first kappa shape index (κ1) is 22.1. The topological polar surface area (TPSA) is 71.4 Å². The van der Waals surface area contributed by atoms with E-state index in [0.29, 0.717) is 32.0 Å².